The second-order valence-electron chi connectivity index (χ2n) is 7.25. The first-order valence-electron chi connectivity index (χ1n) is 7.99. The van der Waals surface area contributed by atoms with Gasteiger partial charge in [0.05, 0.1) is 0 Å². The number of nitrogens with one attached hydrogen (secondary N) is 1. The zero-order valence-corrected chi connectivity index (χ0v) is 13.7. The van der Waals surface area contributed by atoms with Gasteiger partial charge < -0.3 is 5.32 Å². The van der Waals surface area contributed by atoms with Crippen LogP contribution in [0.1, 0.15) is 59.8 Å². The SMILES string of the molecule is CC(=O)C1CC(NC(=O)/C=C/C2=C(C)CCCC2(C)C)C1. The van der Waals surface area contributed by atoms with E-state index in [1.807, 2.05) is 6.08 Å². The van der Waals surface area contributed by atoms with E-state index >= 15 is 0 Å². The maximum atomic E-state index is 12.0. The summed E-state index contributed by atoms with van der Waals surface area (Å²) in [6.45, 7) is 8.29. The van der Waals surface area contributed by atoms with Crippen molar-refractivity contribution in [1.82, 2.24) is 5.32 Å². The van der Waals surface area contributed by atoms with Gasteiger partial charge in [-0.2, -0.15) is 0 Å². The van der Waals surface area contributed by atoms with Crippen molar-refractivity contribution < 1.29 is 9.59 Å². The molecule has 1 fully saturated rings. The van der Waals surface area contributed by atoms with Crippen LogP contribution in [0.2, 0.25) is 0 Å². The Morgan fingerprint density at radius 1 is 1.29 bits per heavy atom. The van der Waals surface area contributed by atoms with Crippen molar-refractivity contribution in [2.45, 2.75) is 65.8 Å². The summed E-state index contributed by atoms with van der Waals surface area (Å²) in [6.07, 6.45) is 8.78. The molecule has 0 aromatic carbocycles. The summed E-state index contributed by atoms with van der Waals surface area (Å²) in [7, 11) is 0. The number of carbonyl (C=O) groups excluding carboxylic acids is 2. The van der Waals surface area contributed by atoms with Crippen LogP contribution in [0.25, 0.3) is 0 Å². The molecule has 1 saturated carbocycles. The molecule has 1 amide bonds. The number of hydrogen-bond acceptors (Lipinski definition) is 2. The summed E-state index contributed by atoms with van der Waals surface area (Å²) in [5, 5.41) is 2.98. The number of Topliss-reactive ketones (excluding diaryl/α,β-unsaturated/α-hetero) is 1. The van der Waals surface area contributed by atoms with E-state index in [1.165, 1.54) is 24.0 Å². The molecule has 1 N–H and O–H groups in total. The van der Waals surface area contributed by atoms with Gasteiger partial charge >= 0.3 is 0 Å². The predicted octanol–water partition coefficient (Wildman–Crippen LogP) is 3.55. The Morgan fingerprint density at radius 2 is 1.95 bits per heavy atom. The predicted molar refractivity (Wildman–Crippen MR) is 84.8 cm³/mol. The minimum Gasteiger partial charge on any atom is -0.350 e. The van der Waals surface area contributed by atoms with E-state index < -0.39 is 0 Å². The first-order chi connectivity index (χ1) is 9.79. The average molecular weight is 289 g/mol. The summed E-state index contributed by atoms with van der Waals surface area (Å²) < 4.78 is 0. The maximum Gasteiger partial charge on any atom is 0.244 e. The second-order valence-corrected chi connectivity index (χ2v) is 7.25. The van der Waals surface area contributed by atoms with E-state index in [1.54, 1.807) is 13.0 Å². The lowest BCUT2D eigenvalue weighted by atomic mass is 9.72. The molecule has 2 aliphatic rings. The van der Waals surface area contributed by atoms with Crippen LogP contribution >= 0.6 is 0 Å². The fraction of sp³-hybridized carbons (Fsp3) is 0.667. The Kier molecular flexibility index (Phi) is 4.70. The number of carbonyl (C=O) groups is 2. The summed E-state index contributed by atoms with van der Waals surface area (Å²) >= 11 is 0. The van der Waals surface area contributed by atoms with Crippen molar-refractivity contribution in [3.63, 3.8) is 0 Å². The van der Waals surface area contributed by atoms with Crippen molar-refractivity contribution in [3.05, 3.63) is 23.3 Å². The Balaban J connectivity index is 1.89. The van der Waals surface area contributed by atoms with Crippen LogP contribution < -0.4 is 5.32 Å². The molecule has 0 unspecified atom stereocenters. The Morgan fingerprint density at radius 3 is 2.52 bits per heavy atom. The fourth-order valence-corrected chi connectivity index (χ4v) is 3.49. The average Bonchev–Trinajstić information content (AvgIpc) is 2.31. The number of allylic oxidation sites excluding steroid dienone is 3. The lowest BCUT2D eigenvalue weighted by Crippen LogP contribution is -2.45. The quantitative estimate of drug-likeness (QED) is 0.804. The van der Waals surface area contributed by atoms with E-state index in [0.29, 0.717) is 0 Å². The van der Waals surface area contributed by atoms with Crippen LogP contribution in [0.3, 0.4) is 0 Å². The van der Waals surface area contributed by atoms with Crippen molar-refractivity contribution in [3.8, 4) is 0 Å². The maximum absolute atomic E-state index is 12.0. The topological polar surface area (TPSA) is 46.2 Å². The van der Waals surface area contributed by atoms with E-state index in [9.17, 15) is 9.59 Å². The molecule has 0 bridgehead atoms. The molecule has 0 heterocycles. The minimum atomic E-state index is -0.0383. The van der Waals surface area contributed by atoms with Crippen molar-refractivity contribution in [2.75, 3.05) is 0 Å². The highest BCUT2D eigenvalue weighted by molar-refractivity contribution is 5.88. The Labute approximate surface area is 127 Å². The smallest absolute Gasteiger partial charge is 0.244 e. The standard InChI is InChI=1S/C18H27NO2/c1-12-6-5-9-18(3,4)16(12)7-8-17(21)19-15-10-14(11-15)13(2)20/h7-8,14-15H,5-6,9-11H2,1-4H3,(H,19,21)/b8-7+. The van der Waals surface area contributed by atoms with Crippen molar-refractivity contribution in [2.24, 2.45) is 11.3 Å². The third-order valence-corrected chi connectivity index (χ3v) is 5.00. The van der Waals surface area contributed by atoms with Gasteiger partial charge in [-0.25, -0.2) is 0 Å². The van der Waals surface area contributed by atoms with Gasteiger partial charge in [-0.3, -0.25) is 9.59 Å². The number of ketones is 1. The van der Waals surface area contributed by atoms with E-state index in [4.69, 9.17) is 0 Å². The zero-order valence-electron chi connectivity index (χ0n) is 13.7. The Hall–Kier alpha value is -1.38. The third-order valence-electron chi connectivity index (χ3n) is 5.00. The van der Waals surface area contributed by atoms with Crippen LogP contribution in [-0.2, 0) is 9.59 Å². The molecule has 0 saturated heterocycles. The first-order valence-corrected chi connectivity index (χ1v) is 7.99. The molecule has 2 aliphatic carbocycles. The molecule has 0 radical (unpaired) electrons. The number of hydrogen-bond donors (Lipinski definition) is 1. The lowest BCUT2D eigenvalue weighted by Gasteiger charge is -2.34. The molecule has 21 heavy (non-hydrogen) atoms. The molecule has 0 aromatic heterocycles. The van der Waals surface area contributed by atoms with Gasteiger partial charge in [0.2, 0.25) is 5.91 Å². The van der Waals surface area contributed by atoms with Gasteiger partial charge in [0, 0.05) is 18.0 Å². The van der Waals surface area contributed by atoms with Gasteiger partial charge in [0.15, 0.2) is 0 Å². The molecule has 3 heteroatoms. The summed E-state index contributed by atoms with van der Waals surface area (Å²) in [4.78, 5) is 23.1. The molecule has 0 atom stereocenters. The van der Waals surface area contributed by atoms with Gasteiger partial charge in [-0.1, -0.05) is 25.5 Å². The van der Waals surface area contributed by atoms with Crippen LogP contribution in [0.15, 0.2) is 23.3 Å². The fourth-order valence-electron chi connectivity index (χ4n) is 3.49. The van der Waals surface area contributed by atoms with Crippen LogP contribution in [0, 0.1) is 11.3 Å². The second kappa shape index (κ2) is 6.17. The van der Waals surface area contributed by atoms with Gasteiger partial charge in [-0.15, -0.1) is 0 Å². The van der Waals surface area contributed by atoms with Gasteiger partial charge in [-0.05, 0) is 56.9 Å². The normalized spacial score (nSPS) is 28.4. The monoisotopic (exact) mass is 289 g/mol. The van der Waals surface area contributed by atoms with Crippen LogP contribution in [0.5, 0.6) is 0 Å². The summed E-state index contributed by atoms with van der Waals surface area (Å²) in [5.74, 6) is 0.353. The number of amides is 1. The molecule has 3 nitrogen and oxygen atoms in total. The highest BCUT2D eigenvalue weighted by atomic mass is 16.1. The highest BCUT2D eigenvalue weighted by Crippen LogP contribution is 2.40. The van der Waals surface area contributed by atoms with Crippen LogP contribution in [0.4, 0.5) is 0 Å². The Bertz CT molecular complexity index is 493. The summed E-state index contributed by atoms with van der Waals surface area (Å²) in [6, 6.07) is 0.172. The molecular formula is C18H27NO2. The largest absolute Gasteiger partial charge is 0.350 e. The van der Waals surface area contributed by atoms with Crippen molar-refractivity contribution >= 4 is 11.7 Å². The molecule has 0 aromatic rings. The highest BCUT2D eigenvalue weighted by Gasteiger charge is 2.33. The zero-order chi connectivity index (χ0) is 15.6. The molecule has 116 valence electrons. The molecular weight excluding hydrogens is 262 g/mol. The minimum absolute atomic E-state index is 0.0383. The van der Waals surface area contributed by atoms with E-state index in [0.717, 1.165) is 19.3 Å². The molecule has 2 rings (SSSR count). The van der Waals surface area contributed by atoms with E-state index in [2.05, 4.69) is 26.1 Å². The lowest BCUT2D eigenvalue weighted by molar-refractivity contribution is -0.126. The van der Waals surface area contributed by atoms with Gasteiger partial charge in [0.1, 0.15) is 5.78 Å². The molecule has 0 aliphatic heterocycles. The molecule has 0 spiro atoms. The first kappa shape index (κ1) is 16.0. The summed E-state index contributed by atoms with van der Waals surface area (Å²) in [5.41, 5.74) is 2.87. The van der Waals surface area contributed by atoms with Crippen molar-refractivity contribution in [1.29, 1.82) is 0 Å². The van der Waals surface area contributed by atoms with Crippen LogP contribution in [-0.4, -0.2) is 17.7 Å². The van der Waals surface area contributed by atoms with E-state index in [-0.39, 0.29) is 29.1 Å². The number of rotatable bonds is 4. The third kappa shape index (κ3) is 3.84. The van der Waals surface area contributed by atoms with Gasteiger partial charge in [0.25, 0.3) is 0 Å².